The van der Waals surface area contributed by atoms with Crippen LogP contribution in [0.25, 0.3) is 0 Å². The van der Waals surface area contributed by atoms with E-state index in [1.54, 1.807) is 23.1 Å². The van der Waals surface area contributed by atoms with Crippen LogP contribution in [0.1, 0.15) is 42.1 Å². The van der Waals surface area contributed by atoms with Gasteiger partial charge in [-0.05, 0) is 36.6 Å². The van der Waals surface area contributed by atoms with Crippen LogP contribution in [0.5, 0.6) is 11.5 Å². The molecule has 2 N–H and O–H groups in total. The monoisotopic (exact) mass is 380 g/mol. The molecular formula is C22H24N2O4. The van der Waals surface area contributed by atoms with Gasteiger partial charge in [-0.2, -0.15) is 0 Å². The van der Waals surface area contributed by atoms with Crippen molar-refractivity contribution in [2.75, 3.05) is 19.0 Å². The van der Waals surface area contributed by atoms with E-state index < -0.39 is 5.41 Å². The molecule has 0 bridgehead atoms. The molecule has 2 aliphatic rings. The fourth-order valence-electron chi connectivity index (χ4n) is 4.73. The molecular weight excluding hydrogens is 356 g/mol. The van der Waals surface area contributed by atoms with E-state index in [1.165, 1.54) is 7.11 Å². The van der Waals surface area contributed by atoms with Crippen LogP contribution in [-0.4, -0.2) is 41.5 Å². The van der Waals surface area contributed by atoms with Crippen molar-refractivity contribution in [1.29, 1.82) is 0 Å². The predicted molar refractivity (Wildman–Crippen MR) is 106 cm³/mol. The van der Waals surface area contributed by atoms with Crippen LogP contribution in [0, 0.1) is 0 Å². The lowest BCUT2D eigenvalue weighted by molar-refractivity contribution is -0.121. The van der Waals surface area contributed by atoms with Crippen molar-refractivity contribution in [2.24, 2.45) is 0 Å². The normalized spacial score (nSPS) is 23.0. The van der Waals surface area contributed by atoms with Crippen LogP contribution in [0.3, 0.4) is 0 Å². The summed E-state index contributed by atoms with van der Waals surface area (Å²) < 4.78 is 5.14. The molecule has 0 radical (unpaired) electrons. The largest absolute Gasteiger partial charge is 0.504 e. The van der Waals surface area contributed by atoms with Crippen LogP contribution in [0.4, 0.5) is 5.69 Å². The molecule has 6 nitrogen and oxygen atoms in total. The minimum Gasteiger partial charge on any atom is -0.504 e. The molecule has 0 aliphatic carbocycles. The molecule has 4 rings (SSSR count). The Morgan fingerprint density at radius 2 is 2.07 bits per heavy atom. The number of phenols is 1. The van der Waals surface area contributed by atoms with Gasteiger partial charge in [-0.25, -0.2) is 0 Å². The van der Waals surface area contributed by atoms with E-state index in [9.17, 15) is 14.7 Å². The van der Waals surface area contributed by atoms with Gasteiger partial charge in [-0.3, -0.25) is 9.59 Å². The zero-order chi connectivity index (χ0) is 19.9. The first-order valence-electron chi connectivity index (χ1n) is 9.62. The number of methoxy groups -OCH3 is 1. The molecule has 2 aromatic rings. The summed E-state index contributed by atoms with van der Waals surface area (Å²) in [7, 11) is 1.45. The van der Waals surface area contributed by atoms with Crippen LogP contribution >= 0.6 is 0 Å². The fourth-order valence-corrected chi connectivity index (χ4v) is 4.73. The van der Waals surface area contributed by atoms with Crippen molar-refractivity contribution in [3.8, 4) is 11.5 Å². The maximum absolute atomic E-state index is 13.4. The SMILES string of the molecule is CCC[C@@H]1N(C(=O)c2cccc(OC)c2O)CC[C@]12C(=O)Nc1ccccc12. The van der Waals surface area contributed by atoms with Crippen molar-refractivity contribution in [3.05, 3.63) is 53.6 Å². The average molecular weight is 380 g/mol. The zero-order valence-electron chi connectivity index (χ0n) is 16.1. The lowest BCUT2D eigenvalue weighted by atomic mass is 9.73. The lowest BCUT2D eigenvalue weighted by Gasteiger charge is -2.34. The van der Waals surface area contributed by atoms with Gasteiger partial charge in [0.2, 0.25) is 5.91 Å². The minimum absolute atomic E-state index is 0.0442. The summed E-state index contributed by atoms with van der Waals surface area (Å²) >= 11 is 0. The third kappa shape index (κ3) is 2.47. The number of hydrogen-bond acceptors (Lipinski definition) is 4. The van der Waals surface area contributed by atoms with E-state index in [0.29, 0.717) is 19.4 Å². The van der Waals surface area contributed by atoms with Gasteiger partial charge in [-0.15, -0.1) is 0 Å². The van der Waals surface area contributed by atoms with Crippen molar-refractivity contribution in [2.45, 2.75) is 37.6 Å². The topological polar surface area (TPSA) is 78.9 Å². The number of carbonyl (C=O) groups is 2. The number of rotatable bonds is 4. The molecule has 2 heterocycles. The second kappa shape index (κ2) is 6.86. The molecule has 146 valence electrons. The maximum Gasteiger partial charge on any atom is 0.258 e. The van der Waals surface area contributed by atoms with Gasteiger partial charge >= 0.3 is 0 Å². The van der Waals surface area contributed by atoms with Crippen molar-refractivity contribution >= 4 is 17.5 Å². The number of nitrogens with one attached hydrogen (secondary N) is 1. The summed E-state index contributed by atoms with van der Waals surface area (Å²) in [6.45, 7) is 2.51. The second-order valence-corrected chi connectivity index (χ2v) is 7.38. The Balaban J connectivity index is 1.76. The molecule has 0 unspecified atom stereocenters. The standard InChI is InChI=1S/C22H24N2O4/c1-3-7-18-22(15-9-4-5-10-16(15)23-21(22)27)12-13-24(18)20(26)14-8-6-11-17(28-2)19(14)25/h4-6,8-11,18,25H,3,7,12-13H2,1-2H3,(H,23,27)/t18-,22+/m0/s1. The van der Waals surface area contributed by atoms with Gasteiger partial charge in [0.15, 0.2) is 11.5 Å². The molecule has 0 aromatic heterocycles. The molecule has 2 atom stereocenters. The first-order valence-corrected chi connectivity index (χ1v) is 9.62. The Hall–Kier alpha value is -3.02. The quantitative estimate of drug-likeness (QED) is 0.853. The van der Waals surface area contributed by atoms with E-state index in [4.69, 9.17) is 4.74 Å². The van der Waals surface area contributed by atoms with Crippen molar-refractivity contribution in [1.82, 2.24) is 4.90 Å². The second-order valence-electron chi connectivity index (χ2n) is 7.38. The number of benzene rings is 2. The van der Waals surface area contributed by atoms with Gasteiger partial charge in [0.25, 0.3) is 5.91 Å². The van der Waals surface area contributed by atoms with Crippen molar-refractivity contribution < 1.29 is 19.4 Å². The molecule has 2 aromatic carbocycles. The van der Waals surface area contributed by atoms with E-state index in [2.05, 4.69) is 12.2 Å². The highest BCUT2D eigenvalue weighted by Crippen LogP contribution is 2.50. The number of hydrogen-bond donors (Lipinski definition) is 2. The molecule has 1 saturated heterocycles. The zero-order valence-corrected chi connectivity index (χ0v) is 16.1. The maximum atomic E-state index is 13.4. The number of anilines is 1. The third-order valence-corrected chi connectivity index (χ3v) is 6.03. The Morgan fingerprint density at radius 3 is 2.82 bits per heavy atom. The number of ether oxygens (including phenoxy) is 1. The Morgan fingerprint density at radius 1 is 1.29 bits per heavy atom. The molecule has 2 aliphatic heterocycles. The van der Waals surface area contributed by atoms with E-state index in [0.717, 1.165) is 17.7 Å². The number of nitrogens with zero attached hydrogens (tertiary/aromatic N) is 1. The number of amides is 2. The van der Waals surface area contributed by atoms with Crippen LogP contribution in [0.15, 0.2) is 42.5 Å². The summed E-state index contributed by atoms with van der Waals surface area (Å²) in [5, 5.41) is 13.5. The van der Waals surface area contributed by atoms with Gasteiger partial charge < -0.3 is 20.1 Å². The summed E-state index contributed by atoms with van der Waals surface area (Å²) in [5.74, 6) is -0.223. The van der Waals surface area contributed by atoms with Crippen molar-refractivity contribution in [3.63, 3.8) is 0 Å². The molecule has 1 fully saturated rings. The molecule has 6 heteroatoms. The molecule has 0 saturated carbocycles. The van der Waals surface area contributed by atoms with Gasteiger partial charge in [0, 0.05) is 12.2 Å². The number of likely N-dealkylation sites (tertiary alicyclic amines) is 1. The van der Waals surface area contributed by atoms with Gasteiger partial charge in [0.1, 0.15) is 0 Å². The number of phenolic OH excluding ortho intramolecular Hbond substituents is 1. The number of para-hydroxylation sites is 2. The van der Waals surface area contributed by atoms with E-state index in [1.807, 2.05) is 24.3 Å². The Kier molecular flexibility index (Phi) is 4.49. The Bertz CT molecular complexity index is 942. The summed E-state index contributed by atoms with van der Waals surface area (Å²) in [6.07, 6.45) is 2.12. The van der Waals surface area contributed by atoms with E-state index >= 15 is 0 Å². The number of aromatic hydroxyl groups is 1. The first kappa shape index (κ1) is 18.3. The summed E-state index contributed by atoms with van der Waals surface area (Å²) in [4.78, 5) is 28.2. The van der Waals surface area contributed by atoms with Crippen LogP contribution < -0.4 is 10.1 Å². The fraction of sp³-hybridized carbons (Fsp3) is 0.364. The van der Waals surface area contributed by atoms with Crippen LogP contribution in [0.2, 0.25) is 0 Å². The number of carbonyl (C=O) groups excluding carboxylic acids is 2. The summed E-state index contributed by atoms with van der Waals surface area (Å²) in [6, 6.07) is 12.3. The first-order chi connectivity index (χ1) is 13.5. The minimum atomic E-state index is -0.739. The predicted octanol–water partition coefficient (Wildman–Crippen LogP) is 3.31. The molecule has 2 amide bonds. The highest BCUT2D eigenvalue weighted by Gasteiger charge is 2.58. The third-order valence-electron chi connectivity index (χ3n) is 6.03. The lowest BCUT2D eigenvalue weighted by Crippen LogP contribution is -2.48. The molecule has 1 spiro atoms. The highest BCUT2D eigenvalue weighted by atomic mass is 16.5. The number of fused-ring (bicyclic) bond motifs is 2. The Labute approximate surface area is 164 Å². The van der Waals surface area contributed by atoms with Gasteiger partial charge in [-0.1, -0.05) is 37.6 Å². The van der Waals surface area contributed by atoms with Gasteiger partial charge in [0.05, 0.1) is 24.1 Å². The smallest absolute Gasteiger partial charge is 0.258 e. The molecule has 28 heavy (non-hydrogen) atoms. The summed E-state index contributed by atoms with van der Waals surface area (Å²) in [5.41, 5.74) is 1.25. The van der Waals surface area contributed by atoms with E-state index in [-0.39, 0.29) is 34.9 Å². The highest BCUT2D eigenvalue weighted by molar-refractivity contribution is 6.08. The van der Waals surface area contributed by atoms with Crippen LogP contribution in [-0.2, 0) is 10.2 Å². The average Bonchev–Trinajstić information content (AvgIpc) is 3.21.